The largest absolute Gasteiger partial charge is 0.465 e. The lowest BCUT2D eigenvalue weighted by atomic mass is 9.96. The van der Waals surface area contributed by atoms with Crippen LogP contribution in [0.1, 0.15) is 63.1 Å². The van der Waals surface area contributed by atoms with Gasteiger partial charge < -0.3 is 15.0 Å². The highest BCUT2D eigenvalue weighted by Crippen LogP contribution is 2.57. The molecule has 0 atom stereocenters. The van der Waals surface area contributed by atoms with Crippen molar-refractivity contribution in [3.8, 4) is 0 Å². The molecule has 6 rings (SSSR count). The number of nitrogens with zero attached hydrogens (tertiary/aromatic N) is 1. The molecule has 36 heavy (non-hydrogen) atoms. The lowest BCUT2D eigenvalue weighted by molar-refractivity contribution is 0.0600. The number of benzene rings is 3. The van der Waals surface area contributed by atoms with Crippen LogP contribution in [-0.4, -0.2) is 25.5 Å². The molecule has 1 heterocycles. The Kier molecular flexibility index (Phi) is 5.14. The van der Waals surface area contributed by atoms with Gasteiger partial charge in [-0.1, -0.05) is 30.3 Å². The molecule has 1 amide bonds. The quantitative estimate of drug-likeness (QED) is 0.484. The van der Waals surface area contributed by atoms with E-state index in [9.17, 15) is 18.4 Å². The first-order valence-corrected chi connectivity index (χ1v) is 12.2. The van der Waals surface area contributed by atoms with E-state index in [4.69, 9.17) is 4.74 Å². The summed E-state index contributed by atoms with van der Waals surface area (Å²) >= 11 is 0. The average molecular weight is 489 g/mol. The van der Waals surface area contributed by atoms with Crippen molar-refractivity contribution in [1.82, 2.24) is 5.32 Å². The molecule has 184 valence electrons. The van der Waals surface area contributed by atoms with Gasteiger partial charge in [0.15, 0.2) is 11.6 Å². The predicted octanol–water partition coefficient (Wildman–Crippen LogP) is 5.22. The van der Waals surface area contributed by atoms with Crippen molar-refractivity contribution < 1.29 is 23.1 Å². The monoisotopic (exact) mass is 488 g/mol. The molecule has 2 fully saturated rings. The first-order chi connectivity index (χ1) is 17.3. The Hall–Kier alpha value is -3.74. The smallest absolute Gasteiger partial charge is 0.337 e. The number of hydrogen-bond acceptors (Lipinski definition) is 4. The van der Waals surface area contributed by atoms with Gasteiger partial charge in [-0.15, -0.1) is 0 Å². The van der Waals surface area contributed by atoms with E-state index in [1.165, 1.54) is 13.2 Å². The number of para-hydroxylation sites is 1. The molecule has 2 saturated carbocycles. The molecule has 1 N–H and O–H groups in total. The van der Waals surface area contributed by atoms with E-state index < -0.39 is 23.1 Å². The predicted molar refractivity (Wildman–Crippen MR) is 131 cm³/mol. The Morgan fingerprint density at radius 3 is 2.36 bits per heavy atom. The number of nitrogens with one attached hydrogen (secondary N) is 1. The second-order valence-corrected chi connectivity index (χ2v) is 10.2. The molecule has 3 aromatic carbocycles. The summed E-state index contributed by atoms with van der Waals surface area (Å²) in [7, 11) is 1.35. The number of amides is 1. The molecule has 1 aliphatic heterocycles. The maximum absolute atomic E-state index is 13.9. The zero-order valence-corrected chi connectivity index (χ0v) is 19.9. The molecular weight excluding hydrogens is 462 g/mol. The standard InChI is InChI=1S/C29H26F2N2O3/c1-36-27(35)19-6-8-20(9-7-19)29(13-14-29)32-26(34)21-3-2-4-22-25(21)33(17-28(22)11-12-28)16-18-5-10-23(30)24(31)15-18/h2-10,15H,11-14,16-17H2,1H3,(H,32,34). The van der Waals surface area contributed by atoms with E-state index in [2.05, 4.69) is 16.3 Å². The average Bonchev–Trinajstić information content (AvgIpc) is 3.81. The molecule has 0 aromatic heterocycles. The van der Waals surface area contributed by atoms with E-state index in [0.29, 0.717) is 23.2 Å². The third-order valence-corrected chi connectivity index (χ3v) is 7.83. The molecule has 3 aromatic rings. The van der Waals surface area contributed by atoms with E-state index in [-0.39, 0.29) is 11.3 Å². The fraction of sp³-hybridized carbons (Fsp3) is 0.310. The molecule has 2 aliphatic carbocycles. The van der Waals surface area contributed by atoms with E-state index in [1.807, 2.05) is 24.3 Å². The van der Waals surface area contributed by atoms with Crippen LogP contribution < -0.4 is 10.2 Å². The van der Waals surface area contributed by atoms with Gasteiger partial charge in [-0.2, -0.15) is 0 Å². The number of methoxy groups -OCH3 is 1. The second kappa shape index (κ2) is 8.15. The van der Waals surface area contributed by atoms with Crippen LogP contribution in [0.25, 0.3) is 0 Å². The van der Waals surface area contributed by atoms with Crippen LogP contribution in [0.3, 0.4) is 0 Å². The molecule has 0 unspecified atom stereocenters. The first kappa shape index (κ1) is 22.7. The van der Waals surface area contributed by atoms with Crippen LogP contribution in [0.2, 0.25) is 0 Å². The summed E-state index contributed by atoms with van der Waals surface area (Å²) in [5, 5.41) is 3.25. The van der Waals surface area contributed by atoms with Gasteiger partial charge in [0.05, 0.1) is 29.5 Å². The highest BCUT2D eigenvalue weighted by atomic mass is 19.2. The van der Waals surface area contributed by atoms with Crippen LogP contribution in [0.15, 0.2) is 60.7 Å². The van der Waals surface area contributed by atoms with Gasteiger partial charge in [-0.25, -0.2) is 13.6 Å². The normalized spacial score (nSPS) is 18.0. The number of hydrogen-bond donors (Lipinski definition) is 1. The molecule has 3 aliphatic rings. The Balaban J connectivity index is 1.29. The maximum atomic E-state index is 13.9. The summed E-state index contributed by atoms with van der Waals surface area (Å²) in [6.07, 6.45) is 3.73. The van der Waals surface area contributed by atoms with Crippen LogP contribution in [0, 0.1) is 11.6 Å². The van der Waals surface area contributed by atoms with Crippen molar-refractivity contribution in [3.63, 3.8) is 0 Å². The summed E-state index contributed by atoms with van der Waals surface area (Å²) in [5.74, 6) is -2.29. The SMILES string of the molecule is COC(=O)c1ccc(C2(NC(=O)c3cccc4c3N(Cc3ccc(F)c(F)c3)CC43CC3)CC2)cc1. The van der Waals surface area contributed by atoms with Gasteiger partial charge in [-0.3, -0.25) is 4.79 Å². The van der Waals surface area contributed by atoms with Crippen molar-refractivity contribution in [2.24, 2.45) is 0 Å². The Bertz CT molecular complexity index is 1380. The van der Waals surface area contributed by atoms with Gasteiger partial charge in [0.1, 0.15) is 0 Å². The van der Waals surface area contributed by atoms with Crippen LogP contribution >= 0.6 is 0 Å². The van der Waals surface area contributed by atoms with Crippen molar-refractivity contribution in [2.45, 2.75) is 43.2 Å². The molecule has 0 radical (unpaired) electrons. The lowest BCUT2D eigenvalue weighted by Crippen LogP contribution is -2.36. The van der Waals surface area contributed by atoms with Gasteiger partial charge in [0.2, 0.25) is 0 Å². The molecular formula is C29H26F2N2O3. The molecule has 5 nitrogen and oxygen atoms in total. The molecule has 0 bridgehead atoms. The van der Waals surface area contributed by atoms with E-state index in [0.717, 1.165) is 55.1 Å². The second-order valence-electron chi connectivity index (χ2n) is 10.2. The third-order valence-electron chi connectivity index (χ3n) is 7.83. The van der Waals surface area contributed by atoms with Crippen molar-refractivity contribution in [3.05, 3.63) is 100 Å². The maximum Gasteiger partial charge on any atom is 0.337 e. The Labute approximate surface area is 208 Å². The minimum absolute atomic E-state index is 0.0329. The van der Waals surface area contributed by atoms with Crippen LogP contribution in [0.4, 0.5) is 14.5 Å². The summed E-state index contributed by atoms with van der Waals surface area (Å²) < 4.78 is 32.1. The number of fused-ring (bicyclic) bond motifs is 2. The summed E-state index contributed by atoms with van der Waals surface area (Å²) in [6.45, 7) is 1.15. The number of ether oxygens (including phenoxy) is 1. The number of rotatable bonds is 6. The van der Waals surface area contributed by atoms with Crippen molar-refractivity contribution in [1.29, 1.82) is 0 Å². The van der Waals surface area contributed by atoms with Gasteiger partial charge >= 0.3 is 5.97 Å². The fourth-order valence-electron chi connectivity index (χ4n) is 5.54. The summed E-state index contributed by atoms with van der Waals surface area (Å²) in [4.78, 5) is 27.6. The Morgan fingerprint density at radius 2 is 1.72 bits per heavy atom. The zero-order chi connectivity index (χ0) is 25.1. The van der Waals surface area contributed by atoms with Gasteiger partial charge in [0, 0.05) is 18.5 Å². The number of carbonyl (C=O) groups is 2. The summed E-state index contributed by atoms with van der Waals surface area (Å²) in [6, 6.07) is 17.0. The van der Waals surface area contributed by atoms with Gasteiger partial charge in [0.25, 0.3) is 5.91 Å². The molecule has 7 heteroatoms. The van der Waals surface area contributed by atoms with Crippen LogP contribution in [-0.2, 0) is 22.2 Å². The fourth-order valence-corrected chi connectivity index (χ4v) is 5.54. The highest BCUT2D eigenvalue weighted by molar-refractivity contribution is 6.02. The first-order valence-electron chi connectivity index (χ1n) is 12.2. The number of halogens is 2. The van der Waals surface area contributed by atoms with Gasteiger partial charge in [-0.05, 0) is 72.7 Å². The number of anilines is 1. The third kappa shape index (κ3) is 3.74. The molecule has 1 spiro atoms. The Morgan fingerprint density at radius 1 is 0.972 bits per heavy atom. The number of carbonyl (C=O) groups excluding carboxylic acids is 2. The lowest BCUT2D eigenvalue weighted by Gasteiger charge is -2.24. The minimum atomic E-state index is -0.868. The highest BCUT2D eigenvalue weighted by Gasteiger charge is 2.53. The topological polar surface area (TPSA) is 58.6 Å². The number of esters is 1. The zero-order valence-electron chi connectivity index (χ0n) is 19.9. The van der Waals surface area contributed by atoms with Crippen molar-refractivity contribution in [2.75, 3.05) is 18.6 Å². The summed E-state index contributed by atoms with van der Waals surface area (Å²) in [5.41, 5.74) is 4.29. The van der Waals surface area contributed by atoms with Crippen LogP contribution in [0.5, 0.6) is 0 Å². The van der Waals surface area contributed by atoms with E-state index in [1.54, 1.807) is 18.2 Å². The van der Waals surface area contributed by atoms with E-state index >= 15 is 0 Å². The molecule has 0 saturated heterocycles. The van der Waals surface area contributed by atoms with Crippen molar-refractivity contribution >= 4 is 17.6 Å². The minimum Gasteiger partial charge on any atom is -0.465 e.